The van der Waals surface area contributed by atoms with Crippen LogP contribution in [0.4, 0.5) is 0 Å². The second-order valence-electron chi connectivity index (χ2n) is 7.09. The van der Waals surface area contributed by atoms with E-state index in [-0.39, 0.29) is 23.9 Å². The van der Waals surface area contributed by atoms with E-state index in [1.165, 1.54) is 0 Å². The van der Waals surface area contributed by atoms with Crippen molar-refractivity contribution < 1.29 is 14.3 Å². The maximum atomic E-state index is 13.0. The Balaban J connectivity index is 1.52. The van der Waals surface area contributed by atoms with Gasteiger partial charge in [-0.1, -0.05) is 30.3 Å². The van der Waals surface area contributed by atoms with Gasteiger partial charge in [-0.3, -0.25) is 4.79 Å². The fraction of sp³-hybridized carbons (Fsp3) is 0.364. The van der Waals surface area contributed by atoms with Crippen molar-refractivity contribution in [3.05, 3.63) is 65.2 Å². The molecule has 0 radical (unpaired) electrons. The SMILES string of the molecule is N#Cc1ccc(C(=O)C2CC3CCC(C2)O3)cc1OCc1ccccc1. The first-order valence-corrected chi connectivity index (χ1v) is 9.13. The number of benzene rings is 2. The highest BCUT2D eigenvalue weighted by Crippen LogP contribution is 2.37. The first kappa shape index (κ1) is 16.8. The van der Waals surface area contributed by atoms with Gasteiger partial charge >= 0.3 is 0 Å². The molecule has 0 amide bonds. The van der Waals surface area contributed by atoms with Crippen LogP contribution in [-0.4, -0.2) is 18.0 Å². The highest BCUT2D eigenvalue weighted by atomic mass is 16.5. The summed E-state index contributed by atoms with van der Waals surface area (Å²) in [5.41, 5.74) is 2.09. The van der Waals surface area contributed by atoms with Gasteiger partial charge in [-0.15, -0.1) is 0 Å². The largest absolute Gasteiger partial charge is 0.487 e. The van der Waals surface area contributed by atoms with Crippen molar-refractivity contribution in [2.45, 2.75) is 44.5 Å². The van der Waals surface area contributed by atoms with Crippen molar-refractivity contribution >= 4 is 5.78 Å². The lowest BCUT2D eigenvalue weighted by molar-refractivity contribution is -0.0149. The molecule has 0 aliphatic carbocycles. The Labute approximate surface area is 153 Å². The molecule has 2 aromatic carbocycles. The topological polar surface area (TPSA) is 59.3 Å². The lowest BCUT2D eigenvalue weighted by Gasteiger charge is -2.27. The predicted molar refractivity (Wildman–Crippen MR) is 96.9 cm³/mol. The first-order chi connectivity index (χ1) is 12.7. The quantitative estimate of drug-likeness (QED) is 0.758. The summed E-state index contributed by atoms with van der Waals surface area (Å²) in [4.78, 5) is 13.0. The van der Waals surface area contributed by atoms with Crippen molar-refractivity contribution in [1.82, 2.24) is 0 Å². The summed E-state index contributed by atoms with van der Waals surface area (Å²) < 4.78 is 11.7. The van der Waals surface area contributed by atoms with Gasteiger partial charge in [0.05, 0.1) is 17.8 Å². The van der Waals surface area contributed by atoms with E-state index in [0.717, 1.165) is 31.2 Å². The van der Waals surface area contributed by atoms with Crippen LogP contribution < -0.4 is 4.74 Å². The molecule has 132 valence electrons. The Bertz CT molecular complexity index is 828. The molecule has 4 heteroatoms. The Kier molecular flexibility index (Phi) is 4.73. The number of carbonyl (C=O) groups is 1. The molecule has 2 heterocycles. The first-order valence-electron chi connectivity index (χ1n) is 9.13. The number of ketones is 1. The molecule has 0 N–H and O–H groups in total. The second kappa shape index (κ2) is 7.31. The molecule has 2 bridgehead atoms. The molecule has 2 fully saturated rings. The molecule has 2 saturated heterocycles. The van der Waals surface area contributed by atoms with Crippen LogP contribution in [0.1, 0.15) is 47.2 Å². The van der Waals surface area contributed by atoms with Gasteiger partial charge in [0.2, 0.25) is 0 Å². The Morgan fingerprint density at radius 2 is 1.85 bits per heavy atom. The van der Waals surface area contributed by atoms with E-state index in [4.69, 9.17) is 9.47 Å². The molecule has 0 saturated carbocycles. The smallest absolute Gasteiger partial charge is 0.166 e. The summed E-state index contributed by atoms with van der Waals surface area (Å²) in [5, 5.41) is 9.34. The molecule has 2 atom stereocenters. The zero-order chi connectivity index (χ0) is 17.9. The third-order valence-corrected chi connectivity index (χ3v) is 5.28. The maximum Gasteiger partial charge on any atom is 0.166 e. The van der Waals surface area contributed by atoms with Gasteiger partial charge in [0, 0.05) is 11.5 Å². The van der Waals surface area contributed by atoms with Crippen molar-refractivity contribution in [3.63, 3.8) is 0 Å². The number of hydrogen-bond acceptors (Lipinski definition) is 4. The van der Waals surface area contributed by atoms with E-state index in [1.54, 1.807) is 18.2 Å². The number of Topliss-reactive ketones (excluding diaryl/α,β-unsaturated/α-hetero) is 1. The predicted octanol–water partition coefficient (Wildman–Crippen LogP) is 4.28. The maximum absolute atomic E-state index is 13.0. The molecule has 2 unspecified atom stereocenters. The summed E-state index contributed by atoms with van der Waals surface area (Å²) in [5.74, 6) is 0.618. The molecule has 2 aromatic rings. The molecular weight excluding hydrogens is 326 g/mol. The molecule has 0 spiro atoms. The Hall–Kier alpha value is -2.64. The monoisotopic (exact) mass is 347 g/mol. The third-order valence-electron chi connectivity index (χ3n) is 5.28. The summed E-state index contributed by atoms with van der Waals surface area (Å²) >= 11 is 0. The van der Waals surface area contributed by atoms with Gasteiger partial charge in [-0.2, -0.15) is 5.26 Å². The van der Waals surface area contributed by atoms with Crippen molar-refractivity contribution in [3.8, 4) is 11.8 Å². The Morgan fingerprint density at radius 1 is 1.12 bits per heavy atom. The number of fused-ring (bicyclic) bond motifs is 2. The van der Waals surface area contributed by atoms with Crippen LogP contribution in [0.3, 0.4) is 0 Å². The fourth-order valence-corrected chi connectivity index (χ4v) is 3.93. The van der Waals surface area contributed by atoms with Crippen LogP contribution in [0.15, 0.2) is 48.5 Å². The average molecular weight is 347 g/mol. The van der Waals surface area contributed by atoms with Gasteiger partial charge in [0.25, 0.3) is 0 Å². The molecule has 2 aliphatic heterocycles. The molecule has 2 aliphatic rings. The second-order valence-corrected chi connectivity index (χ2v) is 7.09. The highest BCUT2D eigenvalue weighted by Gasteiger charge is 2.38. The molecule has 0 aromatic heterocycles. The van der Waals surface area contributed by atoms with Crippen LogP contribution in [0, 0.1) is 17.2 Å². The van der Waals surface area contributed by atoms with E-state index in [2.05, 4.69) is 6.07 Å². The van der Waals surface area contributed by atoms with Gasteiger partial charge < -0.3 is 9.47 Å². The minimum atomic E-state index is 0.0103. The standard InChI is InChI=1S/C22H21NO3/c23-13-17-7-6-16(12-21(17)25-14-15-4-2-1-3-5-15)22(24)18-10-19-8-9-20(11-18)26-19/h1-7,12,18-20H,8-11,14H2. The van der Waals surface area contributed by atoms with Crippen LogP contribution in [-0.2, 0) is 11.3 Å². The fourth-order valence-electron chi connectivity index (χ4n) is 3.93. The number of nitriles is 1. The summed E-state index contributed by atoms with van der Waals surface area (Å²) in [6.07, 6.45) is 4.19. The summed E-state index contributed by atoms with van der Waals surface area (Å²) in [7, 11) is 0. The van der Waals surface area contributed by atoms with Gasteiger partial charge in [0.1, 0.15) is 18.4 Å². The number of rotatable bonds is 5. The minimum Gasteiger partial charge on any atom is -0.487 e. The summed E-state index contributed by atoms with van der Waals surface area (Å²) in [6, 6.07) is 17.1. The summed E-state index contributed by atoms with van der Waals surface area (Å²) in [6.45, 7) is 0.370. The van der Waals surface area contributed by atoms with E-state index >= 15 is 0 Å². The van der Waals surface area contributed by atoms with Gasteiger partial charge in [-0.05, 0) is 49.4 Å². The number of ether oxygens (including phenoxy) is 2. The highest BCUT2D eigenvalue weighted by molar-refractivity contribution is 5.98. The van der Waals surface area contributed by atoms with E-state index < -0.39 is 0 Å². The zero-order valence-electron chi connectivity index (χ0n) is 14.6. The normalized spacial score (nSPS) is 24.0. The Morgan fingerprint density at radius 3 is 2.54 bits per heavy atom. The van der Waals surface area contributed by atoms with Gasteiger partial charge in [0.15, 0.2) is 5.78 Å². The van der Waals surface area contributed by atoms with Crippen LogP contribution in [0.2, 0.25) is 0 Å². The molecular formula is C22H21NO3. The number of nitrogens with zero attached hydrogens (tertiary/aromatic N) is 1. The zero-order valence-corrected chi connectivity index (χ0v) is 14.6. The van der Waals surface area contributed by atoms with Crippen LogP contribution >= 0.6 is 0 Å². The lowest BCUT2D eigenvalue weighted by atomic mass is 9.87. The van der Waals surface area contributed by atoms with E-state index in [0.29, 0.717) is 23.5 Å². The average Bonchev–Trinajstić information content (AvgIpc) is 3.04. The third kappa shape index (κ3) is 3.49. The number of carbonyl (C=O) groups excluding carboxylic acids is 1. The van der Waals surface area contributed by atoms with Crippen molar-refractivity contribution in [2.75, 3.05) is 0 Å². The van der Waals surface area contributed by atoms with Crippen molar-refractivity contribution in [2.24, 2.45) is 5.92 Å². The molecule has 26 heavy (non-hydrogen) atoms. The van der Waals surface area contributed by atoms with Crippen LogP contribution in [0.5, 0.6) is 5.75 Å². The van der Waals surface area contributed by atoms with E-state index in [9.17, 15) is 10.1 Å². The molecule has 4 nitrogen and oxygen atoms in total. The number of hydrogen-bond donors (Lipinski definition) is 0. The minimum absolute atomic E-state index is 0.0103. The van der Waals surface area contributed by atoms with E-state index in [1.807, 2.05) is 30.3 Å². The molecule has 4 rings (SSSR count). The lowest BCUT2D eigenvalue weighted by Crippen LogP contribution is -2.30. The van der Waals surface area contributed by atoms with Crippen LogP contribution in [0.25, 0.3) is 0 Å². The van der Waals surface area contributed by atoms with Gasteiger partial charge in [-0.25, -0.2) is 0 Å². The van der Waals surface area contributed by atoms with Crippen molar-refractivity contribution in [1.29, 1.82) is 5.26 Å².